The van der Waals surface area contributed by atoms with Crippen LogP contribution in [0, 0.1) is 69.0 Å². The quantitative estimate of drug-likeness (QED) is 0.224. The van der Waals surface area contributed by atoms with E-state index in [4.69, 9.17) is 14.2 Å². The van der Waals surface area contributed by atoms with Crippen LogP contribution >= 0.6 is 0 Å². The standard InChI is InChI=1S/C23H34O5.C21H32O4.CH4/c1-13(24)27-15-7-9-22(3)18-8-10-23(4)17(5-6-21(23)28-14(2)25)16(18)12-20(26)19(22)11-15;1-12(22)25-19-5-4-15-14-11-18(24)17-10-13(23)6-8-20(17,2)16(14)7-9-21(15,19)3;/h15-19,21H,5-12H2,1-4H3;13-17,19,23H,4-11H2,1-3H3;1H4/t15-,16-,17?,18?,19+,21-,22+,23-;13-,14-,15?,16?,17+,19-,20+,21-;/m00./s1. The van der Waals surface area contributed by atoms with Gasteiger partial charge in [0.25, 0.3) is 0 Å². The molecule has 8 saturated carbocycles. The van der Waals surface area contributed by atoms with Gasteiger partial charge in [-0.05, 0) is 136 Å². The van der Waals surface area contributed by atoms with Crippen LogP contribution in [0.25, 0.3) is 0 Å². The summed E-state index contributed by atoms with van der Waals surface area (Å²) in [4.78, 5) is 60.7. The van der Waals surface area contributed by atoms with Crippen molar-refractivity contribution in [2.45, 2.75) is 183 Å². The lowest BCUT2D eigenvalue weighted by Gasteiger charge is -2.59. The van der Waals surface area contributed by atoms with Crippen LogP contribution in [0.5, 0.6) is 0 Å². The normalized spacial score (nSPS) is 48.7. The Hall–Kier alpha value is -2.29. The Morgan fingerprint density at radius 1 is 0.537 bits per heavy atom. The molecular formula is C45H70O9. The van der Waals surface area contributed by atoms with Crippen LogP contribution in [0.1, 0.15) is 159 Å². The smallest absolute Gasteiger partial charge is 0.302 e. The van der Waals surface area contributed by atoms with E-state index in [1.807, 2.05) is 0 Å². The molecule has 0 aromatic rings. The zero-order chi connectivity index (χ0) is 38.2. The summed E-state index contributed by atoms with van der Waals surface area (Å²) in [5, 5.41) is 10.1. The number of carbonyl (C=O) groups is 5. The Kier molecular flexibility index (Phi) is 11.4. The number of Topliss-reactive ketones (excluding diaryl/α,β-unsaturated/α-hetero) is 2. The van der Waals surface area contributed by atoms with Gasteiger partial charge < -0.3 is 19.3 Å². The molecule has 0 aromatic carbocycles. The molecule has 0 radical (unpaired) electrons. The molecule has 0 amide bonds. The molecule has 16 atom stereocenters. The van der Waals surface area contributed by atoms with Crippen LogP contribution in [-0.2, 0) is 38.2 Å². The van der Waals surface area contributed by atoms with Gasteiger partial charge in [-0.1, -0.05) is 35.1 Å². The average molecular weight is 755 g/mol. The minimum Gasteiger partial charge on any atom is -0.463 e. The second-order valence-corrected chi connectivity index (χ2v) is 20.1. The third-order valence-electron chi connectivity index (χ3n) is 17.6. The molecule has 0 aliphatic heterocycles. The van der Waals surface area contributed by atoms with E-state index in [0.29, 0.717) is 72.8 Å². The van der Waals surface area contributed by atoms with E-state index in [2.05, 4.69) is 27.7 Å². The molecule has 8 aliphatic rings. The van der Waals surface area contributed by atoms with Crippen molar-refractivity contribution in [3.8, 4) is 0 Å². The van der Waals surface area contributed by atoms with Crippen molar-refractivity contribution in [2.75, 3.05) is 0 Å². The summed E-state index contributed by atoms with van der Waals surface area (Å²) in [6.45, 7) is 13.7. The van der Waals surface area contributed by atoms with Crippen LogP contribution in [0.4, 0.5) is 0 Å². The first-order chi connectivity index (χ1) is 24.9. The Balaban J connectivity index is 0.000000182. The van der Waals surface area contributed by atoms with Gasteiger partial charge in [0.15, 0.2) is 0 Å². The van der Waals surface area contributed by atoms with Crippen LogP contribution < -0.4 is 0 Å². The third kappa shape index (κ3) is 6.80. The summed E-state index contributed by atoms with van der Waals surface area (Å²) in [6, 6.07) is 0. The number of hydrogen-bond acceptors (Lipinski definition) is 9. The fraction of sp³-hybridized carbons (Fsp3) is 0.889. The Morgan fingerprint density at radius 2 is 0.926 bits per heavy atom. The van der Waals surface area contributed by atoms with Crippen molar-refractivity contribution in [1.29, 1.82) is 0 Å². The van der Waals surface area contributed by atoms with E-state index in [0.717, 1.165) is 77.0 Å². The molecule has 0 saturated heterocycles. The Labute approximate surface area is 324 Å². The van der Waals surface area contributed by atoms with Crippen LogP contribution in [0.15, 0.2) is 0 Å². The average Bonchev–Trinajstić information content (AvgIpc) is 3.58. The van der Waals surface area contributed by atoms with E-state index in [9.17, 15) is 29.1 Å². The fourth-order valence-corrected chi connectivity index (χ4v) is 15.1. The second kappa shape index (κ2) is 14.9. The molecule has 1 N–H and O–H groups in total. The van der Waals surface area contributed by atoms with Crippen molar-refractivity contribution < 1.29 is 43.3 Å². The highest BCUT2D eigenvalue weighted by molar-refractivity contribution is 5.84. The number of ether oxygens (including phenoxy) is 3. The van der Waals surface area contributed by atoms with E-state index < -0.39 is 0 Å². The summed E-state index contributed by atoms with van der Waals surface area (Å²) in [5.74, 6) is 3.10. The summed E-state index contributed by atoms with van der Waals surface area (Å²) < 4.78 is 16.8. The van der Waals surface area contributed by atoms with Gasteiger partial charge in [-0.2, -0.15) is 0 Å². The van der Waals surface area contributed by atoms with Crippen LogP contribution in [-0.4, -0.2) is 59.0 Å². The SMILES string of the molecule is C.CC(=O)O[C@H]1CCC2[C@@H]3CC(=O)[C@H]4C[C@@H](O)CC[C@]4(C)C3CC[C@@]21C.CC(=O)O[C@H]1CC[C@]2(C)C3CC[C@@]4(C)C(CC[C@@H]4OC(C)=O)[C@@H]3CC(=O)[C@H]2C1. The number of ketones is 2. The highest BCUT2D eigenvalue weighted by atomic mass is 16.6. The molecule has 0 heterocycles. The predicted molar refractivity (Wildman–Crippen MR) is 204 cm³/mol. The topological polar surface area (TPSA) is 133 Å². The minimum atomic E-state index is -0.299. The third-order valence-corrected chi connectivity index (χ3v) is 17.6. The highest BCUT2D eigenvalue weighted by Gasteiger charge is 2.64. The first-order valence-corrected chi connectivity index (χ1v) is 21.2. The molecule has 0 spiro atoms. The van der Waals surface area contributed by atoms with E-state index >= 15 is 0 Å². The lowest BCUT2D eigenvalue weighted by Crippen LogP contribution is -2.57. The molecular weight excluding hydrogens is 684 g/mol. The number of rotatable bonds is 3. The highest BCUT2D eigenvalue weighted by Crippen LogP contribution is 2.67. The van der Waals surface area contributed by atoms with Gasteiger partial charge in [0.05, 0.1) is 6.10 Å². The molecule has 9 nitrogen and oxygen atoms in total. The van der Waals surface area contributed by atoms with Crippen molar-refractivity contribution in [1.82, 2.24) is 0 Å². The monoisotopic (exact) mass is 755 g/mol. The van der Waals surface area contributed by atoms with Crippen molar-refractivity contribution in [3.05, 3.63) is 0 Å². The van der Waals surface area contributed by atoms with Gasteiger partial charge in [-0.25, -0.2) is 0 Å². The zero-order valence-corrected chi connectivity index (χ0v) is 33.5. The number of esters is 3. The van der Waals surface area contributed by atoms with Gasteiger partial charge >= 0.3 is 17.9 Å². The predicted octanol–water partition coefficient (Wildman–Crippen LogP) is 8.21. The summed E-state index contributed by atoms with van der Waals surface area (Å²) in [7, 11) is 0. The molecule has 8 rings (SSSR count). The first-order valence-electron chi connectivity index (χ1n) is 21.2. The largest absolute Gasteiger partial charge is 0.463 e. The number of carbonyl (C=O) groups excluding carboxylic acids is 5. The van der Waals surface area contributed by atoms with E-state index in [-0.39, 0.29) is 83.2 Å². The van der Waals surface area contributed by atoms with E-state index in [1.165, 1.54) is 20.8 Å². The summed E-state index contributed by atoms with van der Waals surface area (Å²) in [5.41, 5.74) is 0.104. The first kappa shape index (κ1) is 41.3. The van der Waals surface area contributed by atoms with Crippen molar-refractivity contribution >= 4 is 29.5 Å². The van der Waals surface area contributed by atoms with E-state index in [1.54, 1.807) is 0 Å². The molecule has 8 fully saturated rings. The fourth-order valence-electron chi connectivity index (χ4n) is 15.1. The molecule has 0 bridgehead atoms. The Bertz CT molecular complexity index is 1490. The minimum absolute atomic E-state index is 0. The van der Waals surface area contributed by atoms with Crippen LogP contribution in [0.2, 0.25) is 0 Å². The maximum absolute atomic E-state index is 13.2. The molecule has 4 unspecified atom stereocenters. The molecule has 304 valence electrons. The number of aliphatic hydroxyl groups is 1. The number of hydrogen-bond donors (Lipinski definition) is 1. The lowest BCUT2D eigenvalue weighted by molar-refractivity contribution is -0.174. The Morgan fingerprint density at radius 3 is 1.37 bits per heavy atom. The summed E-state index contributed by atoms with van der Waals surface area (Å²) in [6.07, 6.45) is 14.3. The lowest BCUT2D eigenvalue weighted by atomic mass is 9.45. The maximum Gasteiger partial charge on any atom is 0.302 e. The maximum atomic E-state index is 13.2. The molecule has 54 heavy (non-hydrogen) atoms. The molecule has 9 heteroatoms. The molecule has 0 aromatic heterocycles. The van der Waals surface area contributed by atoms with Gasteiger partial charge in [0.1, 0.15) is 29.9 Å². The number of aliphatic hydroxyl groups excluding tert-OH is 1. The van der Waals surface area contributed by atoms with Crippen LogP contribution in [0.3, 0.4) is 0 Å². The summed E-state index contributed by atoms with van der Waals surface area (Å²) >= 11 is 0. The zero-order valence-electron chi connectivity index (χ0n) is 33.5. The second-order valence-electron chi connectivity index (χ2n) is 20.1. The van der Waals surface area contributed by atoms with Crippen molar-refractivity contribution in [2.24, 2.45) is 69.0 Å². The van der Waals surface area contributed by atoms with Gasteiger partial charge in [0.2, 0.25) is 0 Å². The molecule has 8 aliphatic carbocycles. The van der Waals surface area contributed by atoms with Gasteiger partial charge in [-0.15, -0.1) is 0 Å². The van der Waals surface area contributed by atoms with Gasteiger partial charge in [0, 0.05) is 56.3 Å². The number of fused-ring (bicyclic) bond motifs is 10. The van der Waals surface area contributed by atoms with Crippen molar-refractivity contribution in [3.63, 3.8) is 0 Å². The van der Waals surface area contributed by atoms with Gasteiger partial charge in [-0.3, -0.25) is 24.0 Å².